The fraction of sp³-hybridized carbons (Fsp3) is 0.263. The van der Waals surface area contributed by atoms with E-state index >= 15 is 0 Å². The van der Waals surface area contributed by atoms with Gasteiger partial charge in [-0.25, -0.2) is 13.6 Å². The molecule has 3 nitrogen and oxygen atoms in total. The lowest BCUT2D eigenvalue weighted by atomic mass is 9.97. The summed E-state index contributed by atoms with van der Waals surface area (Å²) in [7, 11) is 0. The minimum absolute atomic E-state index is 0.238. The number of hydrogen-bond donors (Lipinski definition) is 0. The van der Waals surface area contributed by atoms with Gasteiger partial charge >= 0.3 is 5.97 Å². The van der Waals surface area contributed by atoms with Gasteiger partial charge in [0.15, 0.2) is 0 Å². The standard InChI is InChI=1S/C17H13F2NO2.C2H6/c1-3-22-17(21)11-5-4-10(2)13(6-11)12-7-15(18)14(9-20)16(19)8-12;1-2/h4-8H,3H2,1-2H3;1-2H3. The number of carbonyl (C=O) groups is 1. The summed E-state index contributed by atoms with van der Waals surface area (Å²) < 4.78 is 32.4. The van der Waals surface area contributed by atoms with Crippen molar-refractivity contribution in [1.82, 2.24) is 0 Å². The van der Waals surface area contributed by atoms with Crippen LogP contribution in [0.5, 0.6) is 0 Å². The number of carbonyl (C=O) groups excluding carboxylic acids is 1. The first kappa shape index (κ1) is 19.3. The quantitative estimate of drug-likeness (QED) is 0.742. The number of benzene rings is 2. The second-order valence-corrected chi connectivity index (χ2v) is 4.68. The Balaban J connectivity index is 0.00000139. The van der Waals surface area contributed by atoms with Crippen molar-refractivity contribution >= 4 is 5.97 Å². The van der Waals surface area contributed by atoms with E-state index in [4.69, 9.17) is 10.00 Å². The summed E-state index contributed by atoms with van der Waals surface area (Å²) in [6.45, 7) is 7.69. The molecule has 2 aromatic carbocycles. The molecule has 0 amide bonds. The van der Waals surface area contributed by atoms with E-state index in [1.54, 1.807) is 26.0 Å². The van der Waals surface area contributed by atoms with Crippen LogP contribution in [-0.4, -0.2) is 12.6 Å². The topological polar surface area (TPSA) is 50.1 Å². The lowest BCUT2D eigenvalue weighted by molar-refractivity contribution is 0.0526. The van der Waals surface area contributed by atoms with Crippen molar-refractivity contribution < 1.29 is 18.3 Å². The van der Waals surface area contributed by atoms with Gasteiger partial charge in [0.1, 0.15) is 23.3 Å². The summed E-state index contributed by atoms with van der Waals surface area (Å²) in [5.41, 5.74) is 1.19. The van der Waals surface area contributed by atoms with Gasteiger partial charge in [0.2, 0.25) is 0 Å². The third-order valence-corrected chi connectivity index (χ3v) is 3.21. The highest BCUT2D eigenvalue weighted by molar-refractivity contribution is 5.91. The van der Waals surface area contributed by atoms with Gasteiger partial charge in [-0.15, -0.1) is 0 Å². The Morgan fingerprint density at radius 3 is 2.25 bits per heavy atom. The molecule has 0 saturated carbocycles. The Hall–Kier alpha value is -2.74. The average Bonchev–Trinajstić information content (AvgIpc) is 2.57. The third-order valence-electron chi connectivity index (χ3n) is 3.21. The van der Waals surface area contributed by atoms with Crippen LogP contribution in [0.2, 0.25) is 0 Å². The van der Waals surface area contributed by atoms with E-state index in [-0.39, 0.29) is 12.2 Å². The van der Waals surface area contributed by atoms with E-state index in [9.17, 15) is 13.6 Å². The monoisotopic (exact) mass is 331 g/mol. The molecule has 126 valence electrons. The van der Waals surface area contributed by atoms with E-state index in [1.165, 1.54) is 12.1 Å². The summed E-state index contributed by atoms with van der Waals surface area (Å²) in [6, 6.07) is 8.43. The highest BCUT2D eigenvalue weighted by Crippen LogP contribution is 2.28. The van der Waals surface area contributed by atoms with Crippen LogP contribution in [-0.2, 0) is 4.74 Å². The number of nitriles is 1. The fourth-order valence-electron chi connectivity index (χ4n) is 2.11. The van der Waals surface area contributed by atoms with Crippen LogP contribution in [0.15, 0.2) is 30.3 Å². The summed E-state index contributed by atoms with van der Waals surface area (Å²) in [5, 5.41) is 8.70. The number of rotatable bonds is 3. The zero-order valence-corrected chi connectivity index (χ0v) is 14.1. The van der Waals surface area contributed by atoms with Gasteiger partial charge in [0, 0.05) is 0 Å². The van der Waals surface area contributed by atoms with Crippen molar-refractivity contribution in [3.8, 4) is 17.2 Å². The van der Waals surface area contributed by atoms with Gasteiger partial charge in [-0.2, -0.15) is 5.26 Å². The van der Waals surface area contributed by atoms with Crippen LogP contribution >= 0.6 is 0 Å². The normalized spacial score (nSPS) is 9.54. The van der Waals surface area contributed by atoms with Crippen LogP contribution in [0.25, 0.3) is 11.1 Å². The maximum Gasteiger partial charge on any atom is 0.338 e. The van der Waals surface area contributed by atoms with Crippen molar-refractivity contribution in [2.24, 2.45) is 0 Å². The Morgan fingerprint density at radius 1 is 1.17 bits per heavy atom. The van der Waals surface area contributed by atoms with Crippen LogP contribution in [0.4, 0.5) is 8.78 Å². The van der Waals surface area contributed by atoms with Gasteiger partial charge in [-0.05, 0) is 54.8 Å². The highest BCUT2D eigenvalue weighted by atomic mass is 19.1. The molecule has 0 heterocycles. The molecule has 0 atom stereocenters. The predicted octanol–water partition coefficient (Wildman–Crippen LogP) is 5.01. The molecule has 0 spiro atoms. The third kappa shape index (κ3) is 4.17. The van der Waals surface area contributed by atoms with Crippen molar-refractivity contribution in [3.05, 3.63) is 58.7 Å². The average molecular weight is 331 g/mol. The Bertz CT molecular complexity index is 756. The Kier molecular flexibility index (Phi) is 7.06. The zero-order chi connectivity index (χ0) is 18.3. The van der Waals surface area contributed by atoms with Gasteiger partial charge in [-0.1, -0.05) is 19.9 Å². The van der Waals surface area contributed by atoms with E-state index < -0.39 is 23.2 Å². The first-order valence-corrected chi connectivity index (χ1v) is 7.65. The molecule has 24 heavy (non-hydrogen) atoms. The van der Waals surface area contributed by atoms with Crippen LogP contribution in [0.1, 0.15) is 42.3 Å². The van der Waals surface area contributed by atoms with Gasteiger partial charge in [0.05, 0.1) is 12.2 Å². The highest BCUT2D eigenvalue weighted by Gasteiger charge is 2.15. The fourth-order valence-corrected chi connectivity index (χ4v) is 2.11. The molecule has 0 aliphatic rings. The van der Waals surface area contributed by atoms with Crippen LogP contribution in [0, 0.1) is 29.9 Å². The molecule has 0 aliphatic heterocycles. The number of hydrogen-bond acceptors (Lipinski definition) is 3. The van der Waals surface area contributed by atoms with Crippen molar-refractivity contribution in [2.75, 3.05) is 6.61 Å². The van der Waals surface area contributed by atoms with Gasteiger partial charge in [0.25, 0.3) is 0 Å². The minimum atomic E-state index is -0.932. The number of nitrogens with zero attached hydrogens (tertiary/aromatic N) is 1. The van der Waals surface area contributed by atoms with Crippen LogP contribution < -0.4 is 0 Å². The lowest BCUT2D eigenvalue weighted by Crippen LogP contribution is -2.05. The minimum Gasteiger partial charge on any atom is -0.462 e. The number of aryl methyl sites for hydroxylation is 1. The molecule has 2 aromatic rings. The molecule has 0 radical (unpaired) electrons. The summed E-state index contributed by atoms with van der Waals surface area (Å²) >= 11 is 0. The largest absolute Gasteiger partial charge is 0.462 e. The number of ether oxygens (including phenoxy) is 1. The van der Waals surface area contributed by atoms with Gasteiger partial charge < -0.3 is 4.74 Å². The van der Waals surface area contributed by atoms with Gasteiger partial charge in [-0.3, -0.25) is 0 Å². The molecular formula is C19H19F2NO2. The number of esters is 1. The van der Waals surface area contributed by atoms with Crippen LogP contribution in [0.3, 0.4) is 0 Å². The van der Waals surface area contributed by atoms with Crippen molar-refractivity contribution in [2.45, 2.75) is 27.7 Å². The zero-order valence-electron chi connectivity index (χ0n) is 14.1. The summed E-state index contributed by atoms with van der Waals surface area (Å²) in [6.07, 6.45) is 0. The molecule has 2 rings (SSSR count). The number of halogens is 2. The molecule has 0 unspecified atom stereocenters. The summed E-state index contributed by atoms with van der Waals surface area (Å²) in [4.78, 5) is 11.8. The maximum absolute atomic E-state index is 13.8. The second kappa shape index (κ2) is 8.78. The van der Waals surface area contributed by atoms with E-state index in [0.717, 1.165) is 17.7 Å². The predicted molar refractivity (Wildman–Crippen MR) is 88.6 cm³/mol. The SMILES string of the molecule is CC.CCOC(=O)c1ccc(C)c(-c2cc(F)c(C#N)c(F)c2)c1. The van der Waals surface area contributed by atoms with E-state index in [0.29, 0.717) is 11.1 Å². The van der Waals surface area contributed by atoms with Crippen molar-refractivity contribution in [3.63, 3.8) is 0 Å². The maximum atomic E-state index is 13.8. The van der Waals surface area contributed by atoms with Crippen molar-refractivity contribution in [1.29, 1.82) is 5.26 Å². The smallest absolute Gasteiger partial charge is 0.338 e. The first-order valence-electron chi connectivity index (χ1n) is 7.65. The second-order valence-electron chi connectivity index (χ2n) is 4.68. The first-order chi connectivity index (χ1) is 11.5. The molecule has 0 aromatic heterocycles. The molecule has 0 N–H and O–H groups in total. The van der Waals surface area contributed by atoms with E-state index in [1.807, 2.05) is 13.8 Å². The summed E-state index contributed by atoms with van der Waals surface area (Å²) in [5.74, 6) is -2.37. The Morgan fingerprint density at radius 2 is 1.75 bits per heavy atom. The molecule has 0 bridgehead atoms. The molecule has 0 fully saturated rings. The molecule has 0 saturated heterocycles. The Labute approximate surface area is 140 Å². The molecule has 5 heteroatoms. The molecule has 0 aliphatic carbocycles. The molecular weight excluding hydrogens is 312 g/mol. The van der Waals surface area contributed by atoms with E-state index in [2.05, 4.69) is 0 Å². The lowest BCUT2D eigenvalue weighted by Gasteiger charge is -2.10.